The van der Waals surface area contributed by atoms with Gasteiger partial charge in [0.25, 0.3) is 11.2 Å². The number of ether oxygens (including phenoxy) is 1. The van der Waals surface area contributed by atoms with E-state index in [1.807, 2.05) is 37.3 Å². The highest BCUT2D eigenvalue weighted by molar-refractivity contribution is 9.10. The summed E-state index contributed by atoms with van der Waals surface area (Å²) >= 11 is 4.59. The molecule has 10 nitrogen and oxygen atoms in total. The van der Waals surface area contributed by atoms with Crippen molar-refractivity contribution in [1.29, 1.82) is 0 Å². The second-order valence-corrected chi connectivity index (χ2v) is 11.9. The maximum Gasteiger partial charge on any atom is 0.338 e. The Morgan fingerprint density at radius 2 is 1.84 bits per heavy atom. The summed E-state index contributed by atoms with van der Waals surface area (Å²) in [6.45, 7) is 5.32. The molecule has 2 aromatic carbocycles. The maximum absolute atomic E-state index is 13.9. The van der Waals surface area contributed by atoms with Crippen molar-refractivity contribution in [1.82, 2.24) is 4.57 Å². The molecule has 3 aromatic heterocycles. The Labute approximate surface area is 262 Å². The number of benzene rings is 2. The second kappa shape index (κ2) is 11.7. The molecule has 0 saturated heterocycles. The number of non-ortho nitro benzene ring substituents is 1. The van der Waals surface area contributed by atoms with Crippen LogP contribution in [0.1, 0.15) is 37.0 Å². The van der Waals surface area contributed by atoms with Crippen LogP contribution in [0.25, 0.3) is 28.7 Å². The van der Waals surface area contributed by atoms with Crippen molar-refractivity contribution in [2.75, 3.05) is 6.61 Å². The Balaban J connectivity index is 1.47. The number of nitro groups is 1. The SMILES string of the molecule is CCOC(=O)C1=C(C)N=c2s/c(=C\c3ccc(-c4ccc(Br)cc4)o3)c(=O)n2[C@H]1c1ccc(-c2cc([N+](=O)[O-])ccc2C)o1. The predicted molar refractivity (Wildman–Crippen MR) is 168 cm³/mol. The number of hydrogen-bond donors (Lipinski definition) is 0. The maximum atomic E-state index is 13.9. The first kappa shape index (κ1) is 29.3. The van der Waals surface area contributed by atoms with Gasteiger partial charge in [-0.25, -0.2) is 9.79 Å². The van der Waals surface area contributed by atoms with Crippen molar-refractivity contribution in [2.24, 2.45) is 4.99 Å². The predicted octanol–water partition coefficient (Wildman–Crippen LogP) is 6.30. The third-order valence-electron chi connectivity index (χ3n) is 7.14. The molecule has 0 saturated carbocycles. The molecular formula is C32H24BrN3O7S. The number of allylic oxidation sites excluding steroid dienone is 1. The number of esters is 1. The average Bonchev–Trinajstić information content (AvgIpc) is 3.73. The van der Waals surface area contributed by atoms with Crippen molar-refractivity contribution in [2.45, 2.75) is 26.8 Å². The minimum Gasteiger partial charge on any atom is -0.463 e. The van der Waals surface area contributed by atoms with E-state index in [9.17, 15) is 19.7 Å². The van der Waals surface area contributed by atoms with E-state index in [0.29, 0.717) is 37.9 Å². The lowest BCUT2D eigenvalue weighted by molar-refractivity contribution is -0.384. The molecule has 0 amide bonds. The highest BCUT2D eigenvalue weighted by Crippen LogP contribution is 2.36. The summed E-state index contributed by atoms with van der Waals surface area (Å²) in [5.41, 5.74) is 2.25. The van der Waals surface area contributed by atoms with Crippen LogP contribution in [-0.2, 0) is 9.53 Å². The fourth-order valence-corrected chi connectivity index (χ4v) is 6.31. The van der Waals surface area contributed by atoms with Gasteiger partial charge in [0, 0.05) is 33.8 Å². The van der Waals surface area contributed by atoms with Crippen LogP contribution in [-0.4, -0.2) is 22.1 Å². The van der Waals surface area contributed by atoms with Gasteiger partial charge in [-0.1, -0.05) is 45.5 Å². The zero-order valence-corrected chi connectivity index (χ0v) is 26.1. The van der Waals surface area contributed by atoms with Crippen LogP contribution < -0.4 is 14.9 Å². The Kier molecular flexibility index (Phi) is 7.78. The molecule has 4 heterocycles. The topological polar surface area (TPSA) is 130 Å². The lowest BCUT2D eigenvalue weighted by Gasteiger charge is -2.22. The third-order valence-corrected chi connectivity index (χ3v) is 8.65. The molecule has 0 bridgehead atoms. The largest absolute Gasteiger partial charge is 0.463 e. The second-order valence-electron chi connectivity index (χ2n) is 9.97. The van der Waals surface area contributed by atoms with E-state index in [2.05, 4.69) is 20.9 Å². The van der Waals surface area contributed by atoms with E-state index in [-0.39, 0.29) is 29.2 Å². The summed E-state index contributed by atoms with van der Waals surface area (Å²) in [6, 6.07) is 18.1. The van der Waals surface area contributed by atoms with Crippen molar-refractivity contribution in [3.05, 3.63) is 129 Å². The van der Waals surface area contributed by atoms with Crippen LogP contribution in [0, 0.1) is 17.0 Å². The van der Waals surface area contributed by atoms with Crippen molar-refractivity contribution < 1.29 is 23.3 Å². The van der Waals surface area contributed by atoms with E-state index in [4.69, 9.17) is 13.6 Å². The number of aromatic nitrogens is 1. The first-order valence-electron chi connectivity index (χ1n) is 13.5. The fourth-order valence-electron chi connectivity index (χ4n) is 5.02. The molecule has 0 aliphatic carbocycles. The third kappa shape index (κ3) is 5.38. The normalized spacial score (nSPS) is 14.8. The molecule has 0 fully saturated rings. The number of carbonyl (C=O) groups excluding carboxylic acids is 1. The average molecular weight is 675 g/mol. The van der Waals surface area contributed by atoms with Crippen molar-refractivity contribution in [3.8, 4) is 22.6 Å². The van der Waals surface area contributed by atoms with Gasteiger partial charge in [-0.15, -0.1) is 0 Å². The number of halogens is 1. The highest BCUT2D eigenvalue weighted by Gasteiger charge is 2.35. The first-order valence-corrected chi connectivity index (χ1v) is 15.2. The number of nitro benzene ring substituents is 1. The molecule has 0 spiro atoms. The summed E-state index contributed by atoms with van der Waals surface area (Å²) in [5.74, 6) is 1.15. The lowest BCUT2D eigenvalue weighted by atomic mass is 10.0. The summed E-state index contributed by atoms with van der Waals surface area (Å²) < 4.78 is 20.3. The first-order chi connectivity index (χ1) is 21.1. The Bertz CT molecular complexity index is 2150. The Morgan fingerprint density at radius 3 is 2.57 bits per heavy atom. The molecule has 1 aliphatic rings. The number of thiazole rings is 1. The van der Waals surface area contributed by atoms with Gasteiger partial charge in [0.15, 0.2) is 4.80 Å². The molecule has 0 N–H and O–H groups in total. The number of fused-ring (bicyclic) bond motifs is 1. The fraction of sp³-hybridized carbons (Fsp3) is 0.156. The molecule has 0 radical (unpaired) electrons. The summed E-state index contributed by atoms with van der Waals surface area (Å²) in [6.07, 6.45) is 1.65. The molecule has 0 unspecified atom stereocenters. The highest BCUT2D eigenvalue weighted by atomic mass is 79.9. The molecule has 5 aromatic rings. The van der Waals surface area contributed by atoms with Gasteiger partial charge in [0.1, 0.15) is 29.1 Å². The minimum atomic E-state index is -0.977. The summed E-state index contributed by atoms with van der Waals surface area (Å²) in [5, 5.41) is 11.4. The van der Waals surface area contributed by atoms with Gasteiger partial charge in [-0.05, 0) is 62.7 Å². The molecule has 44 heavy (non-hydrogen) atoms. The van der Waals surface area contributed by atoms with Crippen LogP contribution in [0.3, 0.4) is 0 Å². The van der Waals surface area contributed by atoms with E-state index in [1.54, 1.807) is 44.2 Å². The quantitative estimate of drug-likeness (QED) is 0.113. The van der Waals surface area contributed by atoms with Gasteiger partial charge in [-0.3, -0.25) is 19.5 Å². The van der Waals surface area contributed by atoms with Crippen LogP contribution in [0.5, 0.6) is 0 Å². The van der Waals surface area contributed by atoms with Gasteiger partial charge >= 0.3 is 5.97 Å². The standard InChI is InChI=1S/C32H24BrN3O7S/c1-4-41-31(38)28-18(3)34-32-35(29(28)26-14-13-25(43-26)23-15-21(36(39)40)10-5-17(23)2)30(37)27(44-32)16-22-11-12-24(42-22)19-6-8-20(33)9-7-19/h5-16,29H,4H2,1-3H3/b27-16-/t29-/m0/s1. The van der Waals surface area contributed by atoms with Crippen LogP contribution in [0.15, 0.2) is 101 Å². The number of carbonyl (C=O) groups is 1. The summed E-state index contributed by atoms with van der Waals surface area (Å²) in [7, 11) is 0. The molecular weight excluding hydrogens is 650 g/mol. The number of rotatable bonds is 7. The minimum absolute atomic E-state index is 0.0827. The van der Waals surface area contributed by atoms with Gasteiger partial charge in [-0.2, -0.15) is 0 Å². The molecule has 1 aliphatic heterocycles. The van der Waals surface area contributed by atoms with Gasteiger partial charge in [0.05, 0.1) is 27.3 Å². The van der Waals surface area contributed by atoms with Crippen LogP contribution >= 0.6 is 27.3 Å². The summed E-state index contributed by atoms with van der Waals surface area (Å²) in [4.78, 5) is 43.1. The van der Waals surface area contributed by atoms with Gasteiger partial charge < -0.3 is 13.6 Å². The number of furan rings is 2. The molecule has 6 rings (SSSR count). The van der Waals surface area contributed by atoms with E-state index >= 15 is 0 Å². The van der Waals surface area contributed by atoms with Crippen molar-refractivity contribution in [3.63, 3.8) is 0 Å². The molecule has 12 heteroatoms. The smallest absolute Gasteiger partial charge is 0.338 e. The monoisotopic (exact) mass is 673 g/mol. The molecule has 222 valence electrons. The van der Waals surface area contributed by atoms with Crippen LogP contribution in [0.2, 0.25) is 0 Å². The zero-order chi connectivity index (χ0) is 31.1. The zero-order valence-electron chi connectivity index (χ0n) is 23.7. The number of hydrogen-bond acceptors (Lipinski definition) is 9. The van der Waals surface area contributed by atoms with E-state index in [1.165, 1.54) is 16.7 Å². The van der Waals surface area contributed by atoms with E-state index < -0.39 is 16.9 Å². The number of nitrogens with zero attached hydrogens (tertiary/aromatic N) is 3. The number of aryl methyl sites for hydroxylation is 1. The lowest BCUT2D eigenvalue weighted by Crippen LogP contribution is -2.39. The van der Waals surface area contributed by atoms with Crippen LogP contribution in [0.4, 0.5) is 5.69 Å². The van der Waals surface area contributed by atoms with E-state index in [0.717, 1.165) is 26.9 Å². The van der Waals surface area contributed by atoms with Crippen molar-refractivity contribution >= 4 is 45.0 Å². The Morgan fingerprint density at radius 1 is 1.09 bits per heavy atom. The molecule has 1 atom stereocenters. The van der Waals surface area contributed by atoms with Gasteiger partial charge in [0.2, 0.25) is 0 Å². The Hall–Kier alpha value is -4.81.